The summed E-state index contributed by atoms with van der Waals surface area (Å²) in [5.41, 5.74) is 7.87. The van der Waals surface area contributed by atoms with Crippen molar-refractivity contribution in [2.24, 2.45) is 20.7 Å². The summed E-state index contributed by atoms with van der Waals surface area (Å²) in [4.78, 5) is 16.4. The van der Waals surface area contributed by atoms with Crippen LogP contribution in [0.1, 0.15) is 66.4 Å². The first-order valence-electron chi connectivity index (χ1n) is 14.7. The molecule has 1 aromatic carbocycles. The van der Waals surface area contributed by atoms with E-state index in [-0.39, 0.29) is 34.4 Å². The molecule has 0 saturated carbocycles. The molecule has 4 rings (SSSR count). The molecule has 0 amide bonds. The first-order chi connectivity index (χ1) is 18.8. The molecule has 5 atom stereocenters. The summed E-state index contributed by atoms with van der Waals surface area (Å²) in [6.07, 6.45) is 1.84. The number of halogens is 1. The lowest BCUT2D eigenvalue weighted by atomic mass is 9.84. The van der Waals surface area contributed by atoms with E-state index in [1.807, 2.05) is 0 Å². The molecule has 0 bridgehead atoms. The van der Waals surface area contributed by atoms with Crippen molar-refractivity contribution in [3.63, 3.8) is 0 Å². The number of hydrogen-bond donors (Lipinski definition) is 1. The lowest BCUT2D eigenvalue weighted by molar-refractivity contribution is -0.0520. The van der Waals surface area contributed by atoms with Gasteiger partial charge in [-0.15, -0.1) is 0 Å². The van der Waals surface area contributed by atoms with Crippen LogP contribution in [0.2, 0.25) is 36.3 Å². The zero-order valence-corrected chi connectivity index (χ0v) is 30.9. The van der Waals surface area contributed by atoms with Gasteiger partial charge in [0.25, 0.3) is 0 Å². The Hall–Kier alpha value is -0.966. The fraction of sp³-hybridized carbons (Fsp3) is 0.700. The molecule has 1 fully saturated rings. The van der Waals surface area contributed by atoms with Crippen molar-refractivity contribution >= 4 is 57.1 Å². The molecule has 8 nitrogen and oxygen atoms in total. The maximum Gasteiger partial charge on any atom is 0.192 e. The molecule has 3 aliphatic rings. The molecule has 0 radical (unpaired) electrons. The first-order valence-corrected chi connectivity index (χ1v) is 21.6. The van der Waals surface area contributed by atoms with Crippen LogP contribution in [-0.4, -0.2) is 76.8 Å². The van der Waals surface area contributed by atoms with Crippen molar-refractivity contribution in [2.75, 3.05) is 13.3 Å². The Bertz CT molecular complexity index is 1210. The van der Waals surface area contributed by atoms with E-state index < -0.39 is 22.3 Å². The predicted octanol–water partition coefficient (Wildman–Crippen LogP) is 6.73. The molecular weight excluding hydrogens is 661 g/mol. The van der Waals surface area contributed by atoms with Gasteiger partial charge >= 0.3 is 0 Å². The van der Waals surface area contributed by atoms with E-state index in [9.17, 15) is 0 Å². The number of fused-ring (bicyclic) bond motifs is 1. The first kappa shape index (κ1) is 32.9. The van der Waals surface area contributed by atoms with Gasteiger partial charge in [-0.05, 0) is 76.6 Å². The van der Waals surface area contributed by atoms with Crippen LogP contribution in [0.5, 0.6) is 0 Å². The Balaban J connectivity index is 1.56. The molecule has 2 N–H and O–H groups in total. The summed E-state index contributed by atoms with van der Waals surface area (Å²) in [7, 11) is -4.01. The van der Waals surface area contributed by atoms with Crippen molar-refractivity contribution in [3.05, 3.63) is 33.4 Å². The summed E-state index contributed by atoms with van der Waals surface area (Å²) in [5.74, 6) is 0.673. The van der Waals surface area contributed by atoms with Gasteiger partial charge in [0.15, 0.2) is 28.1 Å². The second-order valence-corrected chi connectivity index (χ2v) is 25.6. The van der Waals surface area contributed by atoms with Crippen molar-refractivity contribution in [1.29, 1.82) is 0 Å². The van der Waals surface area contributed by atoms with Crippen molar-refractivity contribution < 1.29 is 13.6 Å². The third-order valence-electron chi connectivity index (χ3n) is 9.92. The van der Waals surface area contributed by atoms with E-state index in [1.165, 1.54) is 3.57 Å². The van der Waals surface area contributed by atoms with Crippen molar-refractivity contribution in [2.45, 2.75) is 121 Å². The number of nitrogens with two attached hydrogens (primary N) is 1. The molecule has 1 aromatic rings. The maximum atomic E-state index is 7.03. The van der Waals surface area contributed by atoms with Crippen LogP contribution in [0, 0.1) is 3.57 Å². The van der Waals surface area contributed by atoms with E-state index in [0.717, 1.165) is 23.5 Å². The Labute approximate surface area is 263 Å². The van der Waals surface area contributed by atoms with Gasteiger partial charge in [-0.3, -0.25) is 4.99 Å². The van der Waals surface area contributed by atoms with Crippen LogP contribution in [0.4, 0.5) is 0 Å². The third kappa shape index (κ3) is 6.60. The van der Waals surface area contributed by atoms with Gasteiger partial charge < -0.3 is 24.2 Å². The van der Waals surface area contributed by atoms with Gasteiger partial charge in [-0.1, -0.05) is 60.6 Å². The highest BCUT2D eigenvalue weighted by atomic mass is 127. The molecule has 1 saturated heterocycles. The summed E-state index contributed by atoms with van der Waals surface area (Å²) in [6, 6.07) is 8.43. The summed E-state index contributed by atoms with van der Waals surface area (Å²) in [6.45, 7) is 25.9. The smallest absolute Gasteiger partial charge is 0.192 e. The number of rotatable bonds is 8. The zero-order valence-electron chi connectivity index (χ0n) is 26.8. The summed E-state index contributed by atoms with van der Waals surface area (Å²) >= 11 is 2.32. The van der Waals surface area contributed by atoms with E-state index in [4.69, 9.17) is 24.3 Å². The van der Waals surface area contributed by atoms with E-state index in [0.29, 0.717) is 13.3 Å². The fourth-order valence-corrected chi connectivity index (χ4v) is 7.61. The van der Waals surface area contributed by atoms with Crippen LogP contribution in [0.3, 0.4) is 0 Å². The average molecular weight is 712 g/mol. The van der Waals surface area contributed by atoms with Gasteiger partial charge in [-0.25, -0.2) is 9.98 Å². The quantitative estimate of drug-likeness (QED) is 0.239. The molecule has 3 heterocycles. The molecular formula is C30H50IN5O3Si2. The highest BCUT2D eigenvalue weighted by molar-refractivity contribution is 14.1. The van der Waals surface area contributed by atoms with Gasteiger partial charge in [0, 0.05) is 15.9 Å². The van der Waals surface area contributed by atoms with Gasteiger partial charge in [0.1, 0.15) is 31.1 Å². The minimum atomic E-state index is -2.05. The highest BCUT2D eigenvalue weighted by Gasteiger charge is 2.51. The van der Waals surface area contributed by atoms with Crippen LogP contribution in [0.15, 0.2) is 39.2 Å². The molecule has 0 spiro atoms. The number of aliphatic imine (C=N–C) groups is 3. The Morgan fingerprint density at radius 1 is 1.07 bits per heavy atom. The van der Waals surface area contributed by atoms with Crippen molar-refractivity contribution in [3.8, 4) is 0 Å². The molecule has 11 heteroatoms. The number of hydrogen-bond acceptors (Lipinski definition) is 8. The third-order valence-corrected chi connectivity index (χ3v) is 19.6. The number of amidine groups is 1. The monoisotopic (exact) mass is 711 g/mol. The number of nitrogens with zero attached hydrogens (tertiary/aromatic N) is 4. The SMILES string of the molecule is CC(c1ccc(I)cc1)C1(N)N=CN=C2C1=NCN2[C@H]1C[C@H](O[Si](C)(C)C(C)(C)C)[C@@H](CO[Si](C)(C)C(C)(C)C)O1. The molecule has 228 valence electrons. The number of benzene rings is 1. The normalized spacial score (nSPS) is 28.0. The second kappa shape index (κ2) is 11.5. The second-order valence-electron chi connectivity index (χ2n) is 14.8. The standard InChI is InChI=1S/C30H50IN5O3Si2/c1-20(21-12-14-22(31)15-13-21)30(32)26-27(33-18-35-30)36(19-34-26)25-16-23(39-41(10,11)29(5,6)7)24(38-25)17-37-40(8,9)28(2,3)4/h12-15,18,20,23-25H,16-17,19,32H2,1-11H3/t20?,23-,24+,25+,30?/m0/s1. The molecule has 2 unspecified atom stereocenters. The van der Waals surface area contributed by atoms with Gasteiger partial charge in [0.05, 0.1) is 12.7 Å². The Kier molecular flexibility index (Phi) is 9.25. The fourth-order valence-electron chi connectivity index (χ4n) is 4.88. The Morgan fingerprint density at radius 3 is 2.27 bits per heavy atom. The largest absolute Gasteiger partial charge is 0.414 e. The average Bonchev–Trinajstić information content (AvgIpc) is 3.46. The van der Waals surface area contributed by atoms with E-state index in [2.05, 4.69) is 136 Å². The zero-order chi connectivity index (χ0) is 30.6. The van der Waals surface area contributed by atoms with Crippen LogP contribution < -0.4 is 5.73 Å². The van der Waals surface area contributed by atoms with Crippen LogP contribution in [-0.2, 0) is 13.6 Å². The lowest BCUT2D eigenvalue weighted by Crippen LogP contribution is -2.56. The number of ether oxygens (including phenoxy) is 1. The molecule has 41 heavy (non-hydrogen) atoms. The molecule has 0 aromatic heterocycles. The van der Waals surface area contributed by atoms with Crippen LogP contribution >= 0.6 is 22.6 Å². The predicted molar refractivity (Wildman–Crippen MR) is 183 cm³/mol. The Morgan fingerprint density at radius 2 is 1.68 bits per heavy atom. The van der Waals surface area contributed by atoms with Crippen LogP contribution in [0.25, 0.3) is 0 Å². The van der Waals surface area contributed by atoms with Crippen molar-refractivity contribution in [1.82, 2.24) is 4.90 Å². The minimum absolute atomic E-state index is 0.0686. The molecule has 0 aliphatic carbocycles. The summed E-state index contributed by atoms with van der Waals surface area (Å²) < 4.78 is 21.6. The molecule has 3 aliphatic heterocycles. The highest BCUT2D eigenvalue weighted by Crippen LogP contribution is 2.42. The van der Waals surface area contributed by atoms with Gasteiger partial charge in [0.2, 0.25) is 0 Å². The summed E-state index contributed by atoms with van der Waals surface area (Å²) in [5, 5.41) is 0.210. The topological polar surface area (TPSA) is 94.0 Å². The van der Waals surface area contributed by atoms with E-state index in [1.54, 1.807) is 6.34 Å². The lowest BCUT2D eigenvalue weighted by Gasteiger charge is -2.40. The minimum Gasteiger partial charge on any atom is -0.414 e. The van der Waals surface area contributed by atoms with Gasteiger partial charge in [-0.2, -0.15) is 0 Å². The van der Waals surface area contributed by atoms with E-state index >= 15 is 0 Å². The maximum absolute atomic E-state index is 7.03.